The highest BCUT2D eigenvalue weighted by molar-refractivity contribution is 5.94. The fraction of sp³-hybridized carbons (Fsp3) is 0.368. The summed E-state index contributed by atoms with van der Waals surface area (Å²) < 4.78 is 5.23. The molecule has 0 atom stereocenters. The normalized spacial score (nSPS) is 10.6. The molecule has 134 valence electrons. The molecule has 0 unspecified atom stereocenters. The summed E-state index contributed by atoms with van der Waals surface area (Å²) in [7, 11) is 5.61. The number of benzene rings is 1. The van der Waals surface area contributed by atoms with Crippen molar-refractivity contribution in [3.8, 4) is 5.75 Å². The van der Waals surface area contributed by atoms with Crippen LogP contribution in [-0.2, 0) is 6.42 Å². The smallest absolute Gasteiger partial charge is 0.252 e. The Labute approximate surface area is 149 Å². The van der Waals surface area contributed by atoms with Crippen LogP contribution < -0.4 is 15.4 Å². The number of hydrogen-bond donors (Lipinski definition) is 2. The molecular weight excluding hydrogens is 316 g/mol. The summed E-state index contributed by atoms with van der Waals surface area (Å²) in [6, 6.07) is 9.82. The second-order valence-corrected chi connectivity index (χ2v) is 6.05. The Balaban J connectivity index is 1.85. The molecule has 6 heteroatoms. The minimum Gasteiger partial charge on any atom is -0.497 e. The van der Waals surface area contributed by atoms with Gasteiger partial charge >= 0.3 is 0 Å². The Kier molecular flexibility index (Phi) is 7.22. The first-order valence-corrected chi connectivity index (χ1v) is 8.33. The SMILES string of the molecule is COc1cccc(CCNc2cncc(C(=O)NCCN(C)C)c2)c1. The van der Waals surface area contributed by atoms with Gasteiger partial charge in [0.15, 0.2) is 0 Å². The maximum Gasteiger partial charge on any atom is 0.252 e. The van der Waals surface area contributed by atoms with E-state index in [1.807, 2.05) is 43.3 Å². The summed E-state index contributed by atoms with van der Waals surface area (Å²) in [5, 5.41) is 6.20. The third kappa shape index (κ3) is 6.43. The lowest BCUT2D eigenvalue weighted by Crippen LogP contribution is -2.31. The topological polar surface area (TPSA) is 66.5 Å². The Morgan fingerprint density at radius 1 is 1.20 bits per heavy atom. The Bertz CT molecular complexity index is 689. The van der Waals surface area contributed by atoms with E-state index in [0.717, 1.165) is 30.9 Å². The number of nitrogens with zero attached hydrogens (tertiary/aromatic N) is 2. The molecule has 0 aliphatic rings. The van der Waals surface area contributed by atoms with Crippen LogP contribution in [0, 0.1) is 0 Å². The summed E-state index contributed by atoms with van der Waals surface area (Å²) in [5.74, 6) is 0.751. The maximum absolute atomic E-state index is 12.1. The van der Waals surface area contributed by atoms with Crippen LogP contribution >= 0.6 is 0 Å². The first kappa shape index (κ1) is 18.7. The molecule has 1 amide bonds. The van der Waals surface area contributed by atoms with E-state index in [-0.39, 0.29) is 5.91 Å². The molecule has 25 heavy (non-hydrogen) atoms. The number of nitrogens with one attached hydrogen (secondary N) is 2. The molecule has 0 fully saturated rings. The minimum absolute atomic E-state index is 0.106. The third-order valence-electron chi connectivity index (χ3n) is 3.72. The van der Waals surface area contributed by atoms with Crippen molar-refractivity contribution < 1.29 is 9.53 Å². The Hall–Kier alpha value is -2.60. The van der Waals surface area contributed by atoms with Crippen molar-refractivity contribution in [3.05, 3.63) is 53.9 Å². The predicted octanol–water partition coefficient (Wildman–Crippen LogP) is 2.04. The number of hydrogen-bond acceptors (Lipinski definition) is 5. The summed E-state index contributed by atoms with van der Waals surface area (Å²) in [4.78, 5) is 18.3. The van der Waals surface area contributed by atoms with Crippen LogP contribution in [-0.4, -0.2) is 56.6 Å². The van der Waals surface area contributed by atoms with Crippen molar-refractivity contribution in [2.45, 2.75) is 6.42 Å². The average molecular weight is 342 g/mol. The molecule has 0 spiro atoms. The zero-order valence-corrected chi connectivity index (χ0v) is 15.1. The van der Waals surface area contributed by atoms with Gasteiger partial charge in [0.2, 0.25) is 0 Å². The Morgan fingerprint density at radius 3 is 2.80 bits per heavy atom. The van der Waals surface area contributed by atoms with Gasteiger partial charge in [-0.25, -0.2) is 0 Å². The van der Waals surface area contributed by atoms with Crippen LogP contribution in [0.5, 0.6) is 5.75 Å². The molecule has 0 saturated carbocycles. The molecule has 2 N–H and O–H groups in total. The fourth-order valence-corrected chi connectivity index (χ4v) is 2.34. The van der Waals surface area contributed by atoms with Crippen LogP contribution in [0.4, 0.5) is 5.69 Å². The molecule has 0 bridgehead atoms. The highest BCUT2D eigenvalue weighted by Crippen LogP contribution is 2.14. The highest BCUT2D eigenvalue weighted by Gasteiger charge is 2.06. The molecule has 0 saturated heterocycles. The van der Waals surface area contributed by atoms with E-state index in [4.69, 9.17) is 4.74 Å². The van der Waals surface area contributed by atoms with E-state index >= 15 is 0 Å². The number of anilines is 1. The van der Waals surface area contributed by atoms with E-state index in [1.54, 1.807) is 19.5 Å². The van der Waals surface area contributed by atoms with Gasteiger partial charge in [0.25, 0.3) is 5.91 Å². The predicted molar refractivity (Wildman–Crippen MR) is 100 cm³/mol. The summed E-state index contributed by atoms with van der Waals surface area (Å²) >= 11 is 0. The average Bonchev–Trinajstić information content (AvgIpc) is 2.62. The zero-order chi connectivity index (χ0) is 18.1. The summed E-state index contributed by atoms with van der Waals surface area (Å²) in [6.07, 6.45) is 4.16. The van der Waals surface area contributed by atoms with E-state index in [0.29, 0.717) is 12.1 Å². The molecule has 0 radical (unpaired) electrons. The lowest BCUT2D eigenvalue weighted by atomic mass is 10.1. The fourth-order valence-electron chi connectivity index (χ4n) is 2.34. The van der Waals surface area contributed by atoms with Crippen molar-refractivity contribution in [1.82, 2.24) is 15.2 Å². The molecular formula is C19H26N4O2. The van der Waals surface area contributed by atoms with Crippen molar-refractivity contribution >= 4 is 11.6 Å². The van der Waals surface area contributed by atoms with Gasteiger partial charge in [-0.05, 0) is 44.3 Å². The molecule has 0 aliphatic carbocycles. The maximum atomic E-state index is 12.1. The Morgan fingerprint density at radius 2 is 2.04 bits per heavy atom. The van der Waals surface area contributed by atoms with Crippen molar-refractivity contribution in [3.63, 3.8) is 0 Å². The van der Waals surface area contributed by atoms with Crippen molar-refractivity contribution in [1.29, 1.82) is 0 Å². The van der Waals surface area contributed by atoms with Gasteiger partial charge in [-0.3, -0.25) is 9.78 Å². The van der Waals surface area contributed by atoms with Gasteiger partial charge in [0.05, 0.1) is 18.4 Å². The summed E-state index contributed by atoms with van der Waals surface area (Å²) in [5.41, 5.74) is 2.59. The number of carbonyl (C=O) groups is 1. The number of pyridine rings is 1. The standard InChI is InChI=1S/C19H26N4O2/c1-23(2)10-9-22-19(24)16-12-17(14-20-13-16)21-8-7-15-5-4-6-18(11-15)25-3/h4-6,11-14,21H,7-10H2,1-3H3,(H,22,24). The number of methoxy groups -OCH3 is 1. The van der Waals surface area contributed by atoms with Gasteiger partial charge in [-0.1, -0.05) is 12.1 Å². The molecule has 1 aromatic heterocycles. The minimum atomic E-state index is -0.106. The zero-order valence-electron chi connectivity index (χ0n) is 15.1. The summed E-state index contributed by atoms with van der Waals surface area (Å²) in [6.45, 7) is 2.16. The lowest BCUT2D eigenvalue weighted by Gasteiger charge is -2.11. The lowest BCUT2D eigenvalue weighted by molar-refractivity contribution is 0.0950. The number of likely N-dealkylation sites (N-methyl/N-ethyl adjacent to an activating group) is 1. The first-order valence-electron chi connectivity index (χ1n) is 8.33. The number of carbonyl (C=O) groups excluding carboxylic acids is 1. The van der Waals surface area contributed by atoms with E-state index in [9.17, 15) is 4.79 Å². The monoisotopic (exact) mass is 342 g/mol. The second-order valence-electron chi connectivity index (χ2n) is 6.05. The van der Waals surface area contributed by atoms with Crippen LogP contribution in [0.25, 0.3) is 0 Å². The highest BCUT2D eigenvalue weighted by atomic mass is 16.5. The first-order chi connectivity index (χ1) is 12.1. The van der Waals surface area contributed by atoms with E-state index < -0.39 is 0 Å². The van der Waals surface area contributed by atoms with Gasteiger partial charge in [0.1, 0.15) is 5.75 Å². The molecule has 1 aromatic carbocycles. The quantitative estimate of drug-likeness (QED) is 0.730. The van der Waals surface area contributed by atoms with Gasteiger partial charge in [-0.2, -0.15) is 0 Å². The van der Waals surface area contributed by atoms with Crippen LogP contribution in [0.15, 0.2) is 42.7 Å². The van der Waals surface area contributed by atoms with Crippen LogP contribution in [0.2, 0.25) is 0 Å². The van der Waals surface area contributed by atoms with Gasteiger partial charge in [0, 0.05) is 32.0 Å². The van der Waals surface area contributed by atoms with E-state index in [2.05, 4.69) is 21.7 Å². The largest absolute Gasteiger partial charge is 0.497 e. The van der Waals surface area contributed by atoms with Crippen LogP contribution in [0.3, 0.4) is 0 Å². The van der Waals surface area contributed by atoms with Crippen molar-refractivity contribution in [2.24, 2.45) is 0 Å². The molecule has 6 nitrogen and oxygen atoms in total. The number of ether oxygens (including phenoxy) is 1. The molecule has 1 heterocycles. The molecule has 2 rings (SSSR count). The van der Waals surface area contributed by atoms with Gasteiger partial charge < -0.3 is 20.3 Å². The molecule has 0 aliphatic heterocycles. The van der Waals surface area contributed by atoms with Crippen LogP contribution in [0.1, 0.15) is 15.9 Å². The third-order valence-corrected chi connectivity index (χ3v) is 3.72. The molecule has 2 aromatic rings. The van der Waals surface area contributed by atoms with E-state index in [1.165, 1.54) is 5.56 Å². The number of aromatic nitrogens is 1. The number of amides is 1. The second kappa shape index (κ2) is 9.64. The number of rotatable bonds is 9. The van der Waals surface area contributed by atoms with Crippen molar-refractivity contribution in [2.75, 3.05) is 46.2 Å². The van der Waals surface area contributed by atoms with Gasteiger partial charge in [-0.15, -0.1) is 0 Å².